The Bertz CT molecular complexity index is 477. The first-order chi connectivity index (χ1) is 10.9. The topological polar surface area (TPSA) is 26.3 Å². The molecule has 2 unspecified atom stereocenters. The Labute approximate surface area is 131 Å². The van der Waals surface area contributed by atoms with Gasteiger partial charge in [-0.3, -0.25) is 0 Å². The molecule has 25 heavy (non-hydrogen) atoms. The van der Waals surface area contributed by atoms with Gasteiger partial charge in [0.05, 0.1) is 6.61 Å². The van der Waals surface area contributed by atoms with Crippen LogP contribution in [0.3, 0.4) is 0 Å². The molecule has 0 spiro atoms. The van der Waals surface area contributed by atoms with Crippen LogP contribution in [0, 0.1) is 0 Å². The van der Waals surface area contributed by atoms with Gasteiger partial charge in [-0.05, 0) is 0 Å². The summed E-state index contributed by atoms with van der Waals surface area (Å²) >= 11 is 0. The van der Waals surface area contributed by atoms with E-state index in [0.717, 1.165) is 0 Å². The summed E-state index contributed by atoms with van der Waals surface area (Å²) < 4.78 is 156. The lowest BCUT2D eigenvalue weighted by Gasteiger charge is -2.39. The van der Waals surface area contributed by atoms with E-state index in [0.29, 0.717) is 6.08 Å². The van der Waals surface area contributed by atoms with Gasteiger partial charge in [0.15, 0.2) is 6.17 Å². The quantitative estimate of drug-likeness (QED) is 0.372. The van der Waals surface area contributed by atoms with E-state index >= 15 is 0 Å². The van der Waals surface area contributed by atoms with Crippen LogP contribution < -0.4 is 0 Å². The van der Waals surface area contributed by atoms with Crippen LogP contribution in [0.5, 0.6) is 0 Å². The molecule has 0 fully saturated rings. The molecule has 0 rings (SSSR count). The lowest BCUT2D eigenvalue weighted by Crippen LogP contribution is -2.68. The predicted octanol–water partition coefficient (Wildman–Crippen LogP) is 4.55. The standard InChI is InChI=1S/C11H8F12O2/c1-2-5(24)25-4-3-7(13,9(15,16)17)6(12)8(14,10(18,19)20)11(21,22)23/h2,6H,1,3-4H2. The molecular weight excluding hydrogens is 392 g/mol. The monoisotopic (exact) mass is 400 g/mol. The van der Waals surface area contributed by atoms with Gasteiger partial charge in [0.25, 0.3) is 0 Å². The zero-order valence-corrected chi connectivity index (χ0v) is 11.6. The largest absolute Gasteiger partial charge is 0.462 e. The number of halogens is 12. The second kappa shape index (κ2) is 6.94. The third-order valence-corrected chi connectivity index (χ3v) is 2.92. The molecule has 0 aliphatic heterocycles. The Morgan fingerprint density at radius 3 is 1.56 bits per heavy atom. The third kappa shape index (κ3) is 4.32. The van der Waals surface area contributed by atoms with Crippen LogP contribution in [0.2, 0.25) is 0 Å². The summed E-state index contributed by atoms with van der Waals surface area (Å²) in [6, 6.07) is 0. The molecule has 0 heterocycles. The summed E-state index contributed by atoms with van der Waals surface area (Å²) in [5.74, 6) is -1.53. The van der Waals surface area contributed by atoms with E-state index in [-0.39, 0.29) is 0 Å². The number of carbonyl (C=O) groups is 1. The molecule has 2 atom stereocenters. The Hall–Kier alpha value is -1.63. The molecule has 0 aromatic rings. The zero-order chi connectivity index (χ0) is 20.5. The van der Waals surface area contributed by atoms with Gasteiger partial charge in [0.2, 0.25) is 5.67 Å². The maximum Gasteiger partial charge on any atom is 0.434 e. The molecule has 0 bridgehead atoms. The Balaban J connectivity index is 6.02. The highest BCUT2D eigenvalue weighted by atomic mass is 19.4. The smallest absolute Gasteiger partial charge is 0.434 e. The molecule has 0 aliphatic rings. The molecule has 0 aromatic carbocycles. The summed E-state index contributed by atoms with van der Waals surface area (Å²) in [6.45, 7) is 0.943. The van der Waals surface area contributed by atoms with E-state index in [1.54, 1.807) is 0 Å². The number of hydrogen-bond donors (Lipinski definition) is 0. The van der Waals surface area contributed by atoms with Crippen LogP contribution in [-0.2, 0) is 9.53 Å². The van der Waals surface area contributed by atoms with E-state index in [9.17, 15) is 57.5 Å². The average molecular weight is 400 g/mol. The third-order valence-electron chi connectivity index (χ3n) is 2.92. The second-order valence-electron chi connectivity index (χ2n) is 4.55. The van der Waals surface area contributed by atoms with Crippen LogP contribution in [0.25, 0.3) is 0 Å². The van der Waals surface area contributed by atoms with E-state index in [1.807, 2.05) is 0 Å². The minimum Gasteiger partial charge on any atom is -0.462 e. The molecule has 0 aliphatic carbocycles. The van der Waals surface area contributed by atoms with Gasteiger partial charge in [0, 0.05) is 12.5 Å². The summed E-state index contributed by atoms with van der Waals surface area (Å²) in [5.41, 5.74) is -13.1. The molecule has 0 radical (unpaired) electrons. The average Bonchev–Trinajstić information content (AvgIpc) is 2.41. The lowest BCUT2D eigenvalue weighted by atomic mass is 9.83. The molecule has 0 N–H and O–H groups in total. The highest BCUT2D eigenvalue weighted by molar-refractivity contribution is 5.81. The van der Waals surface area contributed by atoms with Crippen molar-refractivity contribution < 1.29 is 62.2 Å². The second-order valence-corrected chi connectivity index (χ2v) is 4.55. The number of alkyl halides is 12. The number of rotatable bonds is 6. The number of hydrogen-bond acceptors (Lipinski definition) is 2. The molecule has 0 saturated carbocycles. The van der Waals surface area contributed by atoms with E-state index in [1.165, 1.54) is 0 Å². The Kier molecular flexibility index (Phi) is 6.49. The van der Waals surface area contributed by atoms with E-state index in [2.05, 4.69) is 11.3 Å². The molecule has 0 amide bonds. The van der Waals surface area contributed by atoms with Gasteiger partial charge in [-0.25, -0.2) is 18.0 Å². The van der Waals surface area contributed by atoms with Crippen molar-refractivity contribution in [1.82, 2.24) is 0 Å². The van der Waals surface area contributed by atoms with Gasteiger partial charge in [-0.15, -0.1) is 0 Å². The Morgan fingerprint density at radius 2 is 1.28 bits per heavy atom. The summed E-state index contributed by atoms with van der Waals surface area (Å²) in [7, 11) is 0. The van der Waals surface area contributed by atoms with Gasteiger partial charge in [0.1, 0.15) is 0 Å². The van der Waals surface area contributed by atoms with Gasteiger partial charge >= 0.3 is 30.2 Å². The molecular formula is C11H8F12O2. The van der Waals surface area contributed by atoms with Gasteiger partial charge < -0.3 is 4.74 Å². The van der Waals surface area contributed by atoms with Gasteiger partial charge in [-0.1, -0.05) is 6.58 Å². The molecule has 14 heteroatoms. The summed E-state index contributed by atoms with van der Waals surface area (Å²) in [4.78, 5) is 10.6. The highest BCUT2D eigenvalue weighted by Gasteiger charge is 2.83. The van der Waals surface area contributed by atoms with Crippen molar-refractivity contribution in [2.45, 2.75) is 42.5 Å². The van der Waals surface area contributed by atoms with Crippen molar-refractivity contribution in [2.24, 2.45) is 0 Å². The van der Waals surface area contributed by atoms with Gasteiger partial charge in [-0.2, -0.15) is 39.5 Å². The predicted molar refractivity (Wildman–Crippen MR) is 56.5 cm³/mol. The maximum absolute atomic E-state index is 13.8. The molecule has 148 valence electrons. The van der Waals surface area contributed by atoms with Crippen molar-refractivity contribution in [1.29, 1.82) is 0 Å². The number of ether oxygens (including phenoxy) is 1. The lowest BCUT2D eigenvalue weighted by molar-refractivity contribution is -0.383. The van der Waals surface area contributed by atoms with Crippen LogP contribution in [-0.4, -0.2) is 48.6 Å². The van der Waals surface area contributed by atoms with Crippen molar-refractivity contribution in [2.75, 3.05) is 6.61 Å². The number of esters is 1. The van der Waals surface area contributed by atoms with Crippen molar-refractivity contribution in [3.8, 4) is 0 Å². The normalized spacial score (nSPS) is 17.6. The SMILES string of the molecule is C=CC(=O)OCCC(F)(C(F)C(F)(C(F)(F)F)C(F)(F)F)C(F)(F)F. The van der Waals surface area contributed by atoms with Crippen LogP contribution in [0.4, 0.5) is 52.7 Å². The maximum atomic E-state index is 13.8. The van der Waals surface area contributed by atoms with Crippen LogP contribution >= 0.6 is 0 Å². The van der Waals surface area contributed by atoms with Crippen molar-refractivity contribution in [3.63, 3.8) is 0 Å². The van der Waals surface area contributed by atoms with Crippen molar-refractivity contribution in [3.05, 3.63) is 12.7 Å². The first kappa shape index (κ1) is 23.4. The first-order valence-electron chi connectivity index (χ1n) is 5.87. The molecule has 2 nitrogen and oxygen atoms in total. The fourth-order valence-electron chi connectivity index (χ4n) is 1.53. The number of carbonyl (C=O) groups excluding carboxylic acids is 1. The minimum absolute atomic E-state index is 0.311. The zero-order valence-electron chi connectivity index (χ0n) is 11.6. The Morgan fingerprint density at radius 1 is 0.880 bits per heavy atom. The summed E-state index contributed by atoms with van der Waals surface area (Å²) in [5, 5.41) is 0. The van der Waals surface area contributed by atoms with Crippen LogP contribution in [0.15, 0.2) is 12.7 Å². The molecule has 0 saturated heterocycles. The first-order valence-corrected chi connectivity index (χ1v) is 5.87. The molecule has 0 aromatic heterocycles. The van der Waals surface area contributed by atoms with E-state index < -0.39 is 55.0 Å². The fourth-order valence-corrected chi connectivity index (χ4v) is 1.53. The van der Waals surface area contributed by atoms with E-state index in [4.69, 9.17) is 0 Å². The summed E-state index contributed by atoms with van der Waals surface area (Å²) in [6.07, 6.45) is -29.2. The highest BCUT2D eigenvalue weighted by Crippen LogP contribution is 2.56. The van der Waals surface area contributed by atoms with Crippen molar-refractivity contribution >= 4 is 5.97 Å². The van der Waals surface area contributed by atoms with Crippen LogP contribution in [0.1, 0.15) is 6.42 Å². The fraction of sp³-hybridized carbons (Fsp3) is 0.727. The minimum atomic E-state index is -7.26.